The SMILES string of the molecule is CC1CC(C(=O)N2CCNC(C(=O)O)C2C(=O)O)=CC=C1Br. The number of carbonyl (C=O) groups excluding carboxylic acids is 1. The van der Waals surface area contributed by atoms with Gasteiger partial charge >= 0.3 is 11.9 Å². The molecule has 1 aliphatic carbocycles. The van der Waals surface area contributed by atoms with Crippen molar-refractivity contribution in [1.82, 2.24) is 10.2 Å². The maximum Gasteiger partial charge on any atom is 0.328 e. The Hall–Kier alpha value is -1.67. The van der Waals surface area contributed by atoms with E-state index in [2.05, 4.69) is 21.2 Å². The molecule has 7 nitrogen and oxygen atoms in total. The number of nitrogens with zero attached hydrogens (tertiary/aromatic N) is 1. The predicted molar refractivity (Wildman–Crippen MR) is 81.4 cm³/mol. The van der Waals surface area contributed by atoms with Gasteiger partial charge in [-0.25, -0.2) is 4.79 Å². The van der Waals surface area contributed by atoms with Crippen molar-refractivity contribution in [3.63, 3.8) is 0 Å². The third-order valence-corrected chi connectivity index (χ3v) is 4.91. The van der Waals surface area contributed by atoms with Crippen molar-refractivity contribution in [3.8, 4) is 0 Å². The van der Waals surface area contributed by atoms with Gasteiger partial charge in [0.2, 0.25) is 0 Å². The fraction of sp³-hybridized carbons (Fsp3) is 0.500. The zero-order chi connectivity index (χ0) is 16.4. The van der Waals surface area contributed by atoms with Crippen molar-refractivity contribution >= 4 is 33.8 Å². The molecule has 1 fully saturated rings. The summed E-state index contributed by atoms with van der Waals surface area (Å²) in [7, 11) is 0. The lowest BCUT2D eigenvalue weighted by molar-refractivity contribution is -0.158. The molecule has 2 aliphatic rings. The highest BCUT2D eigenvalue weighted by Crippen LogP contribution is 2.30. The van der Waals surface area contributed by atoms with Gasteiger partial charge in [-0.1, -0.05) is 35.0 Å². The van der Waals surface area contributed by atoms with Crippen LogP contribution in [0.4, 0.5) is 0 Å². The first-order valence-electron chi connectivity index (χ1n) is 6.89. The summed E-state index contributed by atoms with van der Waals surface area (Å²) >= 11 is 3.40. The molecule has 0 radical (unpaired) electrons. The summed E-state index contributed by atoms with van der Waals surface area (Å²) in [4.78, 5) is 36.4. The molecular weight excluding hydrogens is 356 g/mol. The first-order chi connectivity index (χ1) is 10.3. The van der Waals surface area contributed by atoms with Crippen molar-refractivity contribution in [2.24, 2.45) is 5.92 Å². The minimum Gasteiger partial charge on any atom is -0.480 e. The maximum atomic E-state index is 12.6. The standard InChI is InChI=1S/C14H17BrN2O5/c1-7-6-8(2-3-9(7)15)12(18)17-5-4-16-10(13(19)20)11(17)14(21)22/h2-3,7,10-11,16H,4-6H2,1H3,(H,19,20)(H,21,22). The predicted octanol–water partition coefficient (Wildman–Crippen LogP) is 0.570. The molecule has 8 heteroatoms. The van der Waals surface area contributed by atoms with E-state index in [0.717, 1.165) is 9.38 Å². The summed E-state index contributed by atoms with van der Waals surface area (Å²) in [5.74, 6) is -2.89. The lowest BCUT2D eigenvalue weighted by Crippen LogP contribution is -2.65. The van der Waals surface area contributed by atoms with Crippen LogP contribution in [0.3, 0.4) is 0 Å². The summed E-state index contributed by atoms with van der Waals surface area (Å²) in [5.41, 5.74) is 0.494. The number of carboxylic acids is 2. The molecule has 3 N–H and O–H groups in total. The molecule has 1 aliphatic heterocycles. The Kier molecular flexibility index (Phi) is 5.02. The number of halogens is 1. The Bertz CT molecular complexity index is 572. The number of piperazine rings is 1. The lowest BCUT2D eigenvalue weighted by atomic mass is 9.93. The lowest BCUT2D eigenvalue weighted by Gasteiger charge is -2.38. The number of hydrogen-bond acceptors (Lipinski definition) is 4. The van der Waals surface area contributed by atoms with E-state index >= 15 is 0 Å². The number of aliphatic carboxylic acids is 2. The zero-order valence-corrected chi connectivity index (χ0v) is 13.5. The van der Waals surface area contributed by atoms with Crippen LogP contribution in [0, 0.1) is 5.92 Å². The second kappa shape index (κ2) is 6.62. The maximum absolute atomic E-state index is 12.6. The fourth-order valence-electron chi connectivity index (χ4n) is 2.68. The van der Waals surface area contributed by atoms with E-state index in [1.807, 2.05) is 6.92 Å². The average Bonchev–Trinajstić information content (AvgIpc) is 2.48. The summed E-state index contributed by atoms with van der Waals surface area (Å²) in [6.07, 6.45) is 3.92. The van der Waals surface area contributed by atoms with Gasteiger partial charge in [0.15, 0.2) is 6.04 Å². The van der Waals surface area contributed by atoms with Crippen LogP contribution in [0.5, 0.6) is 0 Å². The van der Waals surface area contributed by atoms with E-state index in [9.17, 15) is 19.5 Å². The van der Waals surface area contributed by atoms with Gasteiger partial charge in [-0.15, -0.1) is 0 Å². The van der Waals surface area contributed by atoms with Crippen molar-refractivity contribution in [2.45, 2.75) is 25.4 Å². The largest absolute Gasteiger partial charge is 0.480 e. The summed E-state index contributed by atoms with van der Waals surface area (Å²) in [6, 6.07) is -2.72. The van der Waals surface area contributed by atoms with Crippen LogP contribution in [-0.2, 0) is 14.4 Å². The number of hydrogen-bond donors (Lipinski definition) is 3. The average molecular weight is 373 g/mol. The highest BCUT2D eigenvalue weighted by Gasteiger charge is 2.43. The van der Waals surface area contributed by atoms with Gasteiger partial charge in [-0.2, -0.15) is 0 Å². The molecule has 0 aromatic carbocycles. The molecule has 0 spiro atoms. The van der Waals surface area contributed by atoms with E-state index in [-0.39, 0.29) is 19.0 Å². The van der Waals surface area contributed by atoms with Crippen molar-refractivity contribution in [2.75, 3.05) is 13.1 Å². The zero-order valence-electron chi connectivity index (χ0n) is 12.0. The van der Waals surface area contributed by atoms with Crippen LogP contribution in [-0.4, -0.2) is 58.1 Å². The van der Waals surface area contributed by atoms with Gasteiger partial charge < -0.3 is 20.4 Å². The van der Waals surface area contributed by atoms with Gasteiger partial charge in [0.1, 0.15) is 6.04 Å². The molecule has 3 atom stereocenters. The quantitative estimate of drug-likeness (QED) is 0.668. The Balaban J connectivity index is 2.27. The molecular formula is C14H17BrN2O5. The number of nitrogens with one attached hydrogen (secondary N) is 1. The highest BCUT2D eigenvalue weighted by molar-refractivity contribution is 9.11. The molecule has 0 aromatic rings. The molecule has 1 heterocycles. The van der Waals surface area contributed by atoms with Gasteiger partial charge in [-0.05, 0) is 16.8 Å². The Labute approximate surface area is 135 Å². The van der Waals surface area contributed by atoms with Crippen LogP contribution in [0.15, 0.2) is 22.2 Å². The molecule has 3 unspecified atom stereocenters. The topological polar surface area (TPSA) is 107 Å². The first-order valence-corrected chi connectivity index (χ1v) is 7.68. The smallest absolute Gasteiger partial charge is 0.328 e. The Morgan fingerprint density at radius 2 is 1.95 bits per heavy atom. The van der Waals surface area contributed by atoms with Gasteiger partial charge in [-0.3, -0.25) is 9.59 Å². The molecule has 2 rings (SSSR count). The van der Waals surface area contributed by atoms with Gasteiger partial charge in [0.05, 0.1) is 0 Å². The van der Waals surface area contributed by atoms with Crippen LogP contribution < -0.4 is 5.32 Å². The van der Waals surface area contributed by atoms with E-state index in [4.69, 9.17) is 5.11 Å². The molecule has 0 aromatic heterocycles. The summed E-state index contributed by atoms with van der Waals surface area (Å²) in [5, 5.41) is 21.1. The molecule has 120 valence electrons. The molecule has 0 bridgehead atoms. The number of rotatable bonds is 3. The van der Waals surface area contributed by atoms with Crippen molar-refractivity contribution in [1.29, 1.82) is 0 Å². The normalized spacial score (nSPS) is 28.6. The minimum absolute atomic E-state index is 0.130. The minimum atomic E-state index is -1.41. The monoisotopic (exact) mass is 372 g/mol. The Morgan fingerprint density at radius 3 is 2.50 bits per heavy atom. The number of carboxylic acid groups (broad SMARTS) is 2. The van der Waals surface area contributed by atoms with Crippen molar-refractivity contribution in [3.05, 3.63) is 22.2 Å². The van der Waals surface area contributed by atoms with Crippen molar-refractivity contribution < 1.29 is 24.6 Å². The van der Waals surface area contributed by atoms with E-state index in [1.165, 1.54) is 0 Å². The fourth-order valence-corrected chi connectivity index (χ4v) is 2.97. The molecule has 1 saturated heterocycles. The third kappa shape index (κ3) is 3.22. The second-order valence-electron chi connectivity index (χ2n) is 5.40. The van der Waals surface area contributed by atoms with Crippen LogP contribution >= 0.6 is 15.9 Å². The number of allylic oxidation sites excluding steroid dienone is 3. The van der Waals surface area contributed by atoms with E-state index in [1.54, 1.807) is 12.2 Å². The van der Waals surface area contributed by atoms with Crippen LogP contribution in [0.2, 0.25) is 0 Å². The molecule has 1 amide bonds. The van der Waals surface area contributed by atoms with Crippen LogP contribution in [0.25, 0.3) is 0 Å². The van der Waals surface area contributed by atoms with Crippen LogP contribution in [0.1, 0.15) is 13.3 Å². The first kappa shape index (κ1) is 16.7. The Morgan fingerprint density at radius 1 is 1.27 bits per heavy atom. The number of carbonyl (C=O) groups is 3. The molecule has 22 heavy (non-hydrogen) atoms. The molecule has 0 saturated carbocycles. The van der Waals surface area contributed by atoms with Gasteiger partial charge in [0, 0.05) is 18.7 Å². The third-order valence-electron chi connectivity index (χ3n) is 3.86. The second-order valence-corrected chi connectivity index (χ2v) is 6.32. The van der Waals surface area contributed by atoms with E-state index in [0.29, 0.717) is 12.0 Å². The number of amides is 1. The van der Waals surface area contributed by atoms with Gasteiger partial charge in [0.25, 0.3) is 5.91 Å². The van der Waals surface area contributed by atoms with E-state index < -0.39 is 29.9 Å². The summed E-state index contributed by atoms with van der Waals surface area (Å²) in [6.45, 7) is 2.36. The highest BCUT2D eigenvalue weighted by atomic mass is 79.9. The summed E-state index contributed by atoms with van der Waals surface area (Å²) < 4.78 is 0.975.